The van der Waals surface area contributed by atoms with Gasteiger partial charge >= 0.3 is 0 Å². The van der Waals surface area contributed by atoms with Gasteiger partial charge in [0.05, 0.1) is 0 Å². The molecule has 0 amide bonds. The molecule has 0 aromatic carbocycles. The molecule has 0 aliphatic heterocycles. The van der Waals surface area contributed by atoms with Gasteiger partial charge in [-0.25, -0.2) is 15.8 Å². The zero-order valence-corrected chi connectivity index (χ0v) is 11.9. The molecule has 1 fully saturated rings. The molecule has 1 aliphatic rings. The Morgan fingerprint density at radius 2 is 1.95 bits per heavy atom. The molecular formula is C14H25N5. The summed E-state index contributed by atoms with van der Waals surface area (Å²) >= 11 is 0. The number of anilines is 2. The van der Waals surface area contributed by atoms with E-state index in [1.165, 1.54) is 32.1 Å². The molecule has 0 spiro atoms. The van der Waals surface area contributed by atoms with Crippen LogP contribution in [0.25, 0.3) is 0 Å². The van der Waals surface area contributed by atoms with E-state index >= 15 is 0 Å². The molecule has 0 bridgehead atoms. The third-order valence-electron chi connectivity index (χ3n) is 4.12. The summed E-state index contributed by atoms with van der Waals surface area (Å²) in [5, 5.41) is 3.62. The van der Waals surface area contributed by atoms with Gasteiger partial charge in [0.1, 0.15) is 18.0 Å². The fourth-order valence-corrected chi connectivity index (χ4v) is 2.88. The van der Waals surface area contributed by atoms with Crippen LogP contribution in [0.15, 0.2) is 6.33 Å². The fourth-order valence-electron chi connectivity index (χ4n) is 2.88. The molecule has 2 atom stereocenters. The van der Waals surface area contributed by atoms with E-state index in [1.54, 1.807) is 6.33 Å². The maximum Gasteiger partial charge on any atom is 0.148 e. The average molecular weight is 263 g/mol. The first-order valence-electron chi connectivity index (χ1n) is 7.33. The first-order valence-corrected chi connectivity index (χ1v) is 7.33. The van der Waals surface area contributed by atoms with Crippen LogP contribution in [0.1, 0.15) is 51.5 Å². The van der Waals surface area contributed by atoms with E-state index in [-0.39, 0.29) is 0 Å². The van der Waals surface area contributed by atoms with Crippen LogP contribution in [-0.4, -0.2) is 16.0 Å². The Labute approximate surface area is 115 Å². The number of nitrogen functional groups attached to an aromatic ring is 1. The number of aromatic nitrogens is 2. The molecule has 5 heteroatoms. The van der Waals surface area contributed by atoms with Gasteiger partial charge in [0.15, 0.2) is 0 Å². The Morgan fingerprint density at radius 3 is 2.68 bits per heavy atom. The van der Waals surface area contributed by atoms with E-state index < -0.39 is 0 Å². The van der Waals surface area contributed by atoms with Crippen LogP contribution in [0, 0.1) is 5.92 Å². The standard InChI is InChI=1S/C14H25N5/c1-3-11-13(16-9-17-14(11)19-15)18-12-8-6-4-5-7-10(12)2/h9-10,12H,3-8,15H2,1-2H3,(H2,16,17,18,19). The first-order chi connectivity index (χ1) is 9.26. The molecule has 1 aromatic rings. The quantitative estimate of drug-likeness (QED) is 0.442. The summed E-state index contributed by atoms with van der Waals surface area (Å²) in [6, 6.07) is 0.508. The second-order valence-electron chi connectivity index (χ2n) is 5.41. The molecule has 19 heavy (non-hydrogen) atoms. The molecule has 2 rings (SSSR count). The number of hydrogen-bond donors (Lipinski definition) is 3. The highest BCUT2D eigenvalue weighted by atomic mass is 15.3. The van der Waals surface area contributed by atoms with Gasteiger partial charge < -0.3 is 10.7 Å². The van der Waals surface area contributed by atoms with E-state index in [2.05, 4.69) is 34.6 Å². The van der Waals surface area contributed by atoms with Gasteiger partial charge in [-0.15, -0.1) is 0 Å². The Bertz CT molecular complexity index is 407. The SMILES string of the molecule is CCc1c(NN)ncnc1NC1CCCCCC1C. The van der Waals surface area contributed by atoms with Crippen LogP contribution in [0.3, 0.4) is 0 Å². The Hall–Kier alpha value is -1.36. The zero-order valence-electron chi connectivity index (χ0n) is 11.9. The second-order valence-corrected chi connectivity index (χ2v) is 5.41. The first kappa shape index (κ1) is 14.1. The molecule has 5 nitrogen and oxygen atoms in total. The van der Waals surface area contributed by atoms with Crippen molar-refractivity contribution < 1.29 is 0 Å². The van der Waals surface area contributed by atoms with Crippen LogP contribution >= 0.6 is 0 Å². The van der Waals surface area contributed by atoms with Gasteiger partial charge in [-0.3, -0.25) is 0 Å². The zero-order chi connectivity index (χ0) is 13.7. The van der Waals surface area contributed by atoms with Gasteiger partial charge in [-0.2, -0.15) is 0 Å². The third-order valence-corrected chi connectivity index (χ3v) is 4.12. The van der Waals surface area contributed by atoms with Crippen LogP contribution in [0.5, 0.6) is 0 Å². The van der Waals surface area contributed by atoms with E-state index in [1.807, 2.05) is 0 Å². The molecule has 0 saturated heterocycles. The Morgan fingerprint density at radius 1 is 1.21 bits per heavy atom. The molecule has 1 heterocycles. The number of nitrogens with two attached hydrogens (primary N) is 1. The van der Waals surface area contributed by atoms with Crippen molar-refractivity contribution in [1.82, 2.24) is 9.97 Å². The van der Waals surface area contributed by atoms with Crippen LogP contribution in [0.2, 0.25) is 0 Å². The summed E-state index contributed by atoms with van der Waals surface area (Å²) in [6.07, 6.45) is 8.95. The lowest BCUT2D eigenvalue weighted by Gasteiger charge is -2.25. The largest absolute Gasteiger partial charge is 0.367 e. The van der Waals surface area contributed by atoms with Crippen LogP contribution < -0.4 is 16.6 Å². The van der Waals surface area contributed by atoms with Crippen molar-refractivity contribution >= 4 is 11.6 Å². The summed E-state index contributed by atoms with van der Waals surface area (Å²) in [5.41, 5.74) is 3.73. The van der Waals surface area contributed by atoms with Crippen molar-refractivity contribution in [1.29, 1.82) is 0 Å². The molecule has 2 unspecified atom stereocenters. The number of nitrogens with one attached hydrogen (secondary N) is 2. The van der Waals surface area contributed by atoms with E-state index in [9.17, 15) is 0 Å². The van der Waals surface area contributed by atoms with Crippen molar-refractivity contribution in [3.8, 4) is 0 Å². The summed E-state index contributed by atoms with van der Waals surface area (Å²) in [4.78, 5) is 8.57. The van der Waals surface area contributed by atoms with Crippen molar-refractivity contribution in [3.05, 3.63) is 11.9 Å². The van der Waals surface area contributed by atoms with Gasteiger partial charge in [-0.1, -0.05) is 33.1 Å². The molecule has 4 N–H and O–H groups in total. The molecular weight excluding hydrogens is 238 g/mol. The second kappa shape index (κ2) is 6.70. The summed E-state index contributed by atoms with van der Waals surface area (Å²) < 4.78 is 0. The lowest BCUT2D eigenvalue weighted by molar-refractivity contribution is 0.455. The number of hydrogen-bond acceptors (Lipinski definition) is 5. The van der Waals surface area contributed by atoms with Crippen molar-refractivity contribution in [2.45, 2.75) is 58.4 Å². The van der Waals surface area contributed by atoms with E-state index in [4.69, 9.17) is 5.84 Å². The highest BCUT2D eigenvalue weighted by Crippen LogP contribution is 2.27. The highest BCUT2D eigenvalue weighted by molar-refractivity contribution is 5.57. The van der Waals surface area contributed by atoms with Crippen LogP contribution in [0.4, 0.5) is 11.6 Å². The maximum atomic E-state index is 5.51. The van der Waals surface area contributed by atoms with Crippen molar-refractivity contribution in [2.75, 3.05) is 10.7 Å². The average Bonchev–Trinajstić information content (AvgIpc) is 2.64. The smallest absolute Gasteiger partial charge is 0.148 e. The number of hydrazine groups is 1. The monoisotopic (exact) mass is 263 g/mol. The third kappa shape index (κ3) is 3.35. The number of rotatable bonds is 4. The molecule has 1 aliphatic carbocycles. The summed E-state index contributed by atoms with van der Waals surface area (Å²) in [7, 11) is 0. The fraction of sp³-hybridized carbons (Fsp3) is 0.714. The summed E-state index contributed by atoms with van der Waals surface area (Å²) in [6.45, 7) is 4.43. The minimum Gasteiger partial charge on any atom is -0.367 e. The predicted molar refractivity (Wildman–Crippen MR) is 78.9 cm³/mol. The summed E-state index contributed by atoms with van der Waals surface area (Å²) in [5.74, 6) is 7.86. The number of nitrogens with zero attached hydrogens (tertiary/aromatic N) is 2. The van der Waals surface area contributed by atoms with Gasteiger partial charge in [0.25, 0.3) is 0 Å². The lowest BCUT2D eigenvalue weighted by atomic mass is 9.97. The maximum absolute atomic E-state index is 5.51. The Balaban J connectivity index is 2.17. The molecule has 106 valence electrons. The minimum atomic E-state index is 0.508. The molecule has 0 radical (unpaired) electrons. The van der Waals surface area contributed by atoms with Gasteiger partial charge in [0, 0.05) is 11.6 Å². The van der Waals surface area contributed by atoms with E-state index in [0.717, 1.165) is 23.6 Å². The molecule has 1 saturated carbocycles. The van der Waals surface area contributed by atoms with E-state index in [0.29, 0.717) is 12.0 Å². The van der Waals surface area contributed by atoms with Crippen LogP contribution in [-0.2, 0) is 6.42 Å². The lowest BCUT2D eigenvalue weighted by Crippen LogP contribution is -2.27. The predicted octanol–water partition coefficient (Wildman–Crippen LogP) is 2.71. The minimum absolute atomic E-state index is 0.508. The van der Waals surface area contributed by atoms with Gasteiger partial charge in [-0.05, 0) is 25.2 Å². The highest BCUT2D eigenvalue weighted by Gasteiger charge is 2.21. The van der Waals surface area contributed by atoms with Crippen molar-refractivity contribution in [2.24, 2.45) is 11.8 Å². The van der Waals surface area contributed by atoms with Crippen molar-refractivity contribution in [3.63, 3.8) is 0 Å². The Kier molecular flexibility index (Phi) is 4.96. The normalized spacial score (nSPS) is 23.7. The topological polar surface area (TPSA) is 75.9 Å². The van der Waals surface area contributed by atoms with Gasteiger partial charge in [0.2, 0.25) is 0 Å². The molecule has 1 aromatic heterocycles.